The fourth-order valence-corrected chi connectivity index (χ4v) is 8.83. The molecule has 0 aliphatic heterocycles. The minimum Gasteiger partial charge on any atom is -0.481 e. The van der Waals surface area contributed by atoms with Gasteiger partial charge in [-0.1, -0.05) is 152 Å². The summed E-state index contributed by atoms with van der Waals surface area (Å²) < 4.78 is 0. The van der Waals surface area contributed by atoms with Crippen LogP contribution in [-0.2, 0) is 84.8 Å². The van der Waals surface area contributed by atoms with Crippen molar-refractivity contribution in [3.8, 4) is 0 Å². The van der Waals surface area contributed by atoms with Gasteiger partial charge in [-0.15, -0.1) is 0 Å². The molecular weight excluding hydrogens is 1110 g/mol. The molecule has 14 N–H and O–H groups in total. The Balaban J connectivity index is 1.39. The van der Waals surface area contributed by atoms with E-state index < -0.39 is 152 Å². The molecule has 0 saturated carbocycles. The van der Waals surface area contributed by atoms with Gasteiger partial charge in [0.2, 0.25) is 53.2 Å². The standard InChI is InChI=1S/C61H71N9O16/c1-37(74)62-44(29-38-17-7-2-8-18-38)53(77)64-45(30-39-19-9-3-10-20-39)54(78)65-46(31-40-21-11-4-12-22-40)55(79)66-47(32-41-23-13-5-14-24-41)56(80)67-48(33-42-25-15-6-16-26-42)57(81)68-50(35-72)59(83)70-51(36-73)60(84)69-49(34-71)58(82)63-43(61(85)86)27-28-52(75)76/h2-26,43-51,71-73H,27-36H2,1H3,(H,62,74)(H,63,82)(H,64,77)(H,65,78)(H,66,79)(H,67,80)(H,68,81)(H,69,84)(H,70,83)(H,75,76)(H,85,86)/t43-,44-,45-,46-,47-,48-,49-,50-,51-/m0/s1. The van der Waals surface area contributed by atoms with Gasteiger partial charge in [0, 0.05) is 45.4 Å². The van der Waals surface area contributed by atoms with Crippen molar-refractivity contribution < 1.29 is 78.3 Å². The van der Waals surface area contributed by atoms with Crippen molar-refractivity contribution in [3.05, 3.63) is 179 Å². The average Bonchev–Trinajstić information content (AvgIpc) is 2.93. The van der Waals surface area contributed by atoms with Crippen LogP contribution in [0.25, 0.3) is 0 Å². The molecule has 0 saturated heterocycles. The maximum absolute atomic E-state index is 14.9. The van der Waals surface area contributed by atoms with Crippen molar-refractivity contribution in [2.24, 2.45) is 0 Å². The zero-order valence-corrected chi connectivity index (χ0v) is 46.9. The van der Waals surface area contributed by atoms with Crippen LogP contribution in [-0.4, -0.2) is 165 Å². The third-order valence-corrected chi connectivity index (χ3v) is 13.3. The number of hydrogen-bond acceptors (Lipinski definition) is 14. The minimum absolute atomic E-state index is 0.0424. The number of carbonyl (C=O) groups is 11. The Bertz CT molecular complexity index is 3070. The zero-order chi connectivity index (χ0) is 62.5. The largest absolute Gasteiger partial charge is 0.481 e. The number of amides is 9. The van der Waals surface area contributed by atoms with Crippen LogP contribution in [0.5, 0.6) is 0 Å². The summed E-state index contributed by atoms with van der Waals surface area (Å²) in [5.41, 5.74) is 3.04. The molecule has 456 valence electrons. The number of aliphatic carboxylic acids is 2. The molecular formula is C61H71N9O16. The molecule has 25 nitrogen and oxygen atoms in total. The highest BCUT2D eigenvalue weighted by Crippen LogP contribution is 2.13. The van der Waals surface area contributed by atoms with Gasteiger partial charge in [0.15, 0.2) is 0 Å². The molecule has 5 aromatic rings. The predicted molar refractivity (Wildman–Crippen MR) is 310 cm³/mol. The van der Waals surface area contributed by atoms with Crippen LogP contribution >= 0.6 is 0 Å². The lowest BCUT2D eigenvalue weighted by molar-refractivity contribution is -0.144. The van der Waals surface area contributed by atoms with E-state index in [4.69, 9.17) is 5.11 Å². The Morgan fingerprint density at radius 2 is 0.500 bits per heavy atom. The first-order chi connectivity index (χ1) is 41.3. The van der Waals surface area contributed by atoms with Crippen LogP contribution in [0.2, 0.25) is 0 Å². The first-order valence-corrected chi connectivity index (χ1v) is 27.4. The van der Waals surface area contributed by atoms with E-state index in [1.807, 2.05) is 10.6 Å². The van der Waals surface area contributed by atoms with Gasteiger partial charge in [0.25, 0.3) is 0 Å². The second kappa shape index (κ2) is 34.7. The fourth-order valence-electron chi connectivity index (χ4n) is 8.83. The number of benzene rings is 5. The summed E-state index contributed by atoms with van der Waals surface area (Å²) in [6.07, 6.45) is -1.67. The molecule has 0 bridgehead atoms. The molecule has 5 rings (SSSR count). The van der Waals surface area contributed by atoms with Gasteiger partial charge in [-0.2, -0.15) is 0 Å². The Labute approximate surface area is 495 Å². The molecule has 0 aromatic heterocycles. The summed E-state index contributed by atoms with van der Waals surface area (Å²) in [7, 11) is 0. The van der Waals surface area contributed by atoms with Gasteiger partial charge in [-0.25, -0.2) is 4.79 Å². The monoisotopic (exact) mass is 1190 g/mol. The predicted octanol–water partition coefficient (Wildman–Crippen LogP) is -1.49. The van der Waals surface area contributed by atoms with Crippen molar-refractivity contribution in [1.82, 2.24) is 47.9 Å². The van der Waals surface area contributed by atoms with E-state index in [2.05, 4.69) is 37.2 Å². The molecule has 9 amide bonds. The SMILES string of the molecule is CC(=O)N[C@@H](Cc1ccccc1)C(=O)N[C@@H](Cc1ccccc1)C(=O)N[C@@H](Cc1ccccc1)C(=O)N[C@@H](Cc1ccccc1)C(=O)N[C@@H](Cc1ccccc1)C(=O)N[C@@H](CO)C(=O)N[C@@H](CO)C(=O)N[C@@H](CO)C(=O)N[C@@H](CCC(=O)O)C(=O)O. The second-order valence-electron chi connectivity index (χ2n) is 20.0. The molecule has 0 heterocycles. The van der Waals surface area contributed by atoms with Gasteiger partial charge >= 0.3 is 11.9 Å². The molecule has 0 aliphatic carbocycles. The van der Waals surface area contributed by atoms with Gasteiger partial charge in [0.1, 0.15) is 54.4 Å². The zero-order valence-electron chi connectivity index (χ0n) is 46.9. The van der Waals surface area contributed by atoms with Crippen LogP contribution in [0.4, 0.5) is 0 Å². The van der Waals surface area contributed by atoms with E-state index in [0.717, 1.165) is 5.56 Å². The van der Waals surface area contributed by atoms with Gasteiger partial charge in [0.05, 0.1) is 19.8 Å². The van der Waals surface area contributed by atoms with Crippen LogP contribution in [0.1, 0.15) is 47.6 Å². The Kier molecular flexibility index (Phi) is 27.0. The van der Waals surface area contributed by atoms with Gasteiger partial charge in [-0.05, 0) is 34.2 Å². The van der Waals surface area contributed by atoms with Crippen molar-refractivity contribution in [2.75, 3.05) is 19.8 Å². The van der Waals surface area contributed by atoms with Crippen LogP contribution in [0.15, 0.2) is 152 Å². The molecule has 86 heavy (non-hydrogen) atoms. The molecule has 5 aromatic carbocycles. The first kappa shape index (κ1) is 66.9. The third kappa shape index (κ3) is 22.4. The average molecular weight is 1190 g/mol. The maximum Gasteiger partial charge on any atom is 0.326 e. The Morgan fingerprint density at radius 1 is 0.302 bits per heavy atom. The number of carboxylic acids is 2. The molecule has 0 fully saturated rings. The number of hydrogen-bond donors (Lipinski definition) is 14. The normalized spacial score (nSPS) is 14.0. The first-order valence-electron chi connectivity index (χ1n) is 27.4. The molecule has 0 spiro atoms. The highest BCUT2D eigenvalue weighted by molar-refractivity contribution is 5.99. The van der Waals surface area contributed by atoms with Crippen LogP contribution < -0.4 is 47.9 Å². The number of carboxylic acid groups (broad SMARTS) is 2. The highest BCUT2D eigenvalue weighted by atomic mass is 16.4. The van der Waals surface area contributed by atoms with Crippen LogP contribution in [0, 0.1) is 0 Å². The quantitative estimate of drug-likeness (QED) is 0.0223. The summed E-state index contributed by atoms with van der Waals surface area (Å²) in [4.78, 5) is 148. The van der Waals surface area contributed by atoms with E-state index in [1.54, 1.807) is 152 Å². The molecule has 0 aliphatic rings. The lowest BCUT2D eigenvalue weighted by Crippen LogP contribution is -2.62. The Morgan fingerprint density at radius 3 is 0.698 bits per heavy atom. The van der Waals surface area contributed by atoms with E-state index in [0.29, 0.717) is 22.3 Å². The molecule has 0 unspecified atom stereocenters. The van der Waals surface area contributed by atoms with E-state index >= 15 is 0 Å². The Hall–Kier alpha value is -9.85. The summed E-state index contributed by atoms with van der Waals surface area (Å²) in [5, 5.41) is 71.0. The van der Waals surface area contributed by atoms with Crippen molar-refractivity contribution in [3.63, 3.8) is 0 Å². The van der Waals surface area contributed by atoms with Gasteiger partial charge < -0.3 is 73.4 Å². The number of rotatable bonds is 34. The number of aliphatic hydroxyl groups excluding tert-OH is 3. The lowest BCUT2D eigenvalue weighted by Gasteiger charge is -2.28. The third-order valence-electron chi connectivity index (χ3n) is 13.3. The topological polar surface area (TPSA) is 397 Å². The number of carbonyl (C=O) groups excluding carboxylic acids is 9. The smallest absolute Gasteiger partial charge is 0.326 e. The van der Waals surface area contributed by atoms with Crippen LogP contribution in [0.3, 0.4) is 0 Å². The second-order valence-corrected chi connectivity index (χ2v) is 20.0. The summed E-state index contributed by atoms with van der Waals surface area (Å²) in [6, 6.07) is 28.9. The molecule has 25 heteroatoms. The highest BCUT2D eigenvalue weighted by Gasteiger charge is 2.36. The van der Waals surface area contributed by atoms with E-state index in [1.165, 1.54) is 6.92 Å². The van der Waals surface area contributed by atoms with E-state index in [9.17, 15) is 73.2 Å². The summed E-state index contributed by atoms with van der Waals surface area (Å²) >= 11 is 0. The summed E-state index contributed by atoms with van der Waals surface area (Å²) in [6.45, 7) is -2.11. The minimum atomic E-state index is -1.91. The number of nitrogens with one attached hydrogen (secondary N) is 9. The van der Waals surface area contributed by atoms with Crippen molar-refractivity contribution in [1.29, 1.82) is 0 Å². The molecule has 9 atom stereocenters. The van der Waals surface area contributed by atoms with Gasteiger partial charge in [-0.3, -0.25) is 47.9 Å². The van der Waals surface area contributed by atoms with Crippen molar-refractivity contribution >= 4 is 65.1 Å². The maximum atomic E-state index is 14.9. The number of aliphatic hydroxyl groups is 3. The lowest BCUT2D eigenvalue weighted by atomic mass is 10.00. The molecule has 0 radical (unpaired) electrons. The fraction of sp³-hybridized carbons (Fsp3) is 0.328. The van der Waals surface area contributed by atoms with E-state index in [-0.39, 0.29) is 32.1 Å². The summed E-state index contributed by atoms with van der Waals surface area (Å²) in [5.74, 6) is -11.5. The van der Waals surface area contributed by atoms with Crippen molar-refractivity contribution in [2.45, 2.75) is 106 Å².